The van der Waals surface area contributed by atoms with Crippen LogP contribution in [0.2, 0.25) is 5.02 Å². The fourth-order valence-corrected chi connectivity index (χ4v) is 4.17. The maximum atomic E-state index is 13.2. The van der Waals surface area contributed by atoms with Crippen molar-refractivity contribution < 1.29 is 22.7 Å². The second-order valence-corrected chi connectivity index (χ2v) is 7.57. The Morgan fingerprint density at radius 1 is 1.33 bits per heavy atom. The van der Waals surface area contributed by atoms with Gasteiger partial charge >= 0.3 is 5.97 Å². The maximum Gasteiger partial charge on any atom is 0.308 e. The summed E-state index contributed by atoms with van der Waals surface area (Å²) in [5.41, 5.74) is -0.00631. The van der Waals surface area contributed by atoms with Crippen molar-refractivity contribution in [3.8, 4) is 0 Å². The molecule has 21 heavy (non-hydrogen) atoms. The van der Waals surface area contributed by atoms with Crippen LogP contribution in [0.25, 0.3) is 0 Å². The largest absolute Gasteiger partial charge is 0.481 e. The Morgan fingerprint density at radius 3 is 2.67 bits per heavy atom. The van der Waals surface area contributed by atoms with Crippen molar-refractivity contribution >= 4 is 44.6 Å². The van der Waals surface area contributed by atoms with Crippen LogP contribution in [-0.4, -0.2) is 19.5 Å². The van der Waals surface area contributed by atoms with Crippen LogP contribution in [0.5, 0.6) is 0 Å². The van der Waals surface area contributed by atoms with Gasteiger partial charge in [0.15, 0.2) is 0 Å². The molecule has 2 rings (SSSR count). The normalized spacial score (nSPS) is 11.3. The highest BCUT2D eigenvalue weighted by atomic mass is 35.5. The van der Waals surface area contributed by atoms with E-state index in [-0.39, 0.29) is 21.3 Å². The standard InChI is InChI=1S/C12H9ClFNO4S2/c13-7-3-8(14)5-9(4-7)15-21(18,19)12-2-1-10(20-12)6-11(16)17/h1-5,15H,6H2,(H,16,17). The van der Waals surface area contributed by atoms with Crippen LogP contribution < -0.4 is 4.72 Å². The van der Waals surface area contributed by atoms with Gasteiger partial charge in [0.05, 0.1) is 12.1 Å². The molecule has 5 nitrogen and oxygen atoms in total. The van der Waals surface area contributed by atoms with Gasteiger partial charge in [0.25, 0.3) is 10.0 Å². The van der Waals surface area contributed by atoms with E-state index < -0.39 is 21.8 Å². The third-order valence-corrected chi connectivity index (χ3v) is 5.52. The quantitative estimate of drug-likeness (QED) is 0.869. The molecular formula is C12H9ClFNO4S2. The number of carbonyl (C=O) groups is 1. The number of anilines is 1. The maximum absolute atomic E-state index is 13.2. The predicted octanol–water partition coefficient (Wildman–Crippen LogP) is 2.97. The average molecular weight is 350 g/mol. The molecule has 0 atom stereocenters. The predicted molar refractivity (Wildman–Crippen MR) is 77.9 cm³/mol. The second-order valence-electron chi connectivity index (χ2n) is 4.05. The monoisotopic (exact) mass is 349 g/mol. The van der Waals surface area contributed by atoms with Crippen molar-refractivity contribution in [2.45, 2.75) is 10.6 Å². The highest BCUT2D eigenvalue weighted by molar-refractivity contribution is 7.94. The summed E-state index contributed by atoms with van der Waals surface area (Å²) in [4.78, 5) is 11.0. The highest BCUT2D eigenvalue weighted by Crippen LogP contribution is 2.26. The van der Waals surface area contributed by atoms with Gasteiger partial charge in [0.1, 0.15) is 10.0 Å². The number of halogens is 2. The fraction of sp³-hybridized carbons (Fsp3) is 0.0833. The van der Waals surface area contributed by atoms with E-state index in [1.807, 2.05) is 0 Å². The smallest absolute Gasteiger partial charge is 0.308 e. The van der Waals surface area contributed by atoms with Gasteiger partial charge < -0.3 is 5.11 Å². The van der Waals surface area contributed by atoms with E-state index in [1.165, 1.54) is 18.2 Å². The fourth-order valence-electron chi connectivity index (χ4n) is 1.56. The van der Waals surface area contributed by atoms with Crippen molar-refractivity contribution in [3.05, 3.63) is 46.0 Å². The molecule has 0 aliphatic heterocycles. The van der Waals surface area contributed by atoms with Gasteiger partial charge in [-0.1, -0.05) is 11.6 Å². The molecule has 9 heteroatoms. The molecule has 0 aliphatic carbocycles. The van der Waals surface area contributed by atoms with Crippen molar-refractivity contribution in [2.75, 3.05) is 4.72 Å². The van der Waals surface area contributed by atoms with E-state index in [4.69, 9.17) is 16.7 Å². The van der Waals surface area contributed by atoms with Crippen molar-refractivity contribution in [3.63, 3.8) is 0 Å². The highest BCUT2D eigenvalue weighted by Gasteiger charge is 2.18. The number of aliphatic carboxylic acids is 1. The second kappa shape index (κ2) is 6.00. The van der Waals surface area contributed by atoms with Crippen LogP contribution in [0.3, 0.4) is 0 Å². The van der Waals surface area contributed by atoms with Crippen LogP contribution in [-0.2, 0) is 21.2 Å². The summed E-state index contributed by atoms with van der Waals surface area (Å²) in [6, 6.07) is 6.04. The number of carboxylic acids is 1. The average Bonchev–Trinajstić information content (AvgIpc) is 2.74. The van der Waals surface area contributed by atoms with Gasteiger partial charge in [-0.15, -0.1) is 11.3 Å². The number of rotatable bonds is 5. The van der Waals surface area contributed by atoms with Crippen LogP contribution in [0.1, 0.15) is 4.88 Å². The molecular weight excluding hydrogens is 341 g/mol. The van der Waals surface area contributed by atoms with Crippen LogP contribution in [0, 0.1) is 5.82 Å². The zero-order chi connectivity index (χ0) is 15.6. The number of hydrogen-bond acceptors (Lipinski definition) is 4. The van der Waals surface area contributed by atoms with Gasteiger partial charge in [0, 0.05) is 9.90 Å². The summed E-state index contributed by atoms with van der Waals surface area (Å²) in [6.07, 6.45) is -0.258. The molecule has 2 aromatic rings. The van der Waals surface area contributed by atoms with Crippen LogP contribution in [0.15, 0.2) is 34.5 Å². The number of carboxylic acid groups (broad SMARTS) is 1. The van der Waals surface area contributed by atoms with Gasteiger partial charge in [-0.25, -0.2) is 12.8 Å². The number of sulfonamides is 1. The molecule has 0 spiro atoms. The lowest BCUT2D eigenvalue weighted by Gasteiger charge is -2.06. The zero-order valence-electron chi connectivity index (χ0n) is 10.3. The Hall–Kier alpha value is -1.64. The Bertz CT molecular complexity index is 768. The molecule has 0 bridgehead atoms. The minimum Gasteiger partial charge on any atom is -0.481 e. The van der Waals surface area contributed by atoms with E-state index in [1.54, 1.807) is 0 Å². The topological polar surface area (TPSA) is 83.5 Å². The van der Waals surface area contributed by atoms with Crippen molar-refractivity contribution in [2.24, 2.45) is 0 Å². The minimum atomic E-state index is -3.91. The van der Waals surface area contributed by atoms with Crippen molar-refractivity contribution in [1.82, 2.24) is 0 Å². The Kier molecular flexibility index (Phi) is 4.50. The zero-order valence-corrected chi connectivity index (χ0v) is 12.7. The van der Waals surface area contributed by atoms with Gasteiger partial charge in [-0.05, 0) is 30.3 Å². The Balaban J connectivity index is 2.25. The SMILES string of the molecule is O=C(O)Cc1ccc(S(=O)(=O)Nc2cc(F)cc(Cl)c2)s1. The molecule has 1 aromatic heterocycles. The molecule has 0 saturated carbocycles. The minimum absolute atomic E-state index is 0.00631. The number of hydrogen-bond donors (Lipinski definition) is 2. The van der Waals surface area contributed by atoms with E-state index in [0.717, 1.165) is 23.5 Å². The molecule has 2 N–H and O–H groups in total. The van der Waals surface area contributed by atoms with Gasteiger partial charge in [-0.2, -0.15) is 0 Å². The summed E-state index contributed by atoms with van der Waals surface area (Å²) in [5.74, 6) is -1.72. The lowest BCUT2D eigenvalue weighted by molar-refractivity contribution is -0.136. The first kappa shape index (κ1) is 15.7. The summed E-state index contributed by atoms with van der Waals surface area (Å²) < 4.78 is 39.5. The number of thiophene rings is 1. The number of nitrogens with one attached hydrogen (secondary N) is 1. The van der Waals surface area contributed by atoms with Gasteiger partial charge in [-0.3, -0.25) is 9.52 Å². The first-order valence-corrected chi connectivity index (χ1v) is 8.23. The lowest BCUT2D eigenvalue weighted by atomic mass is 10.3. The first-order valence-electron chi connectivity index (χ1n) is 5.56. The van der Waals surface area contributed by atoms with Crippen LogP contribution >= 0.6 is 22.9 Å². The molecule has 0 unspecified atom stereocenters. The Labute approximate surface area is 129 Å². The van der Waals surface area contributed by atoms with E-state index in [2.05, 4.69) is 4.72 Å². The molecule has 1 aromatic carbocycles. The Morgan fingerprint density at radius 2 is 2.05 bits per heavy atom. The first-order chi connectivity index (χ1) is 9.76. The van der Waals surface area contributed by atoms with Crippen LogP contribution in [0.4, 0.5) is 10.1 Å². The summed E-state index contributed by atoms with van der Waals surface area (Å²) in [6.45, 7) is 0. The summed E-state index contributed by atoms with van der Waals surface area (Å²) in [7, 11) is -3.91. The van der Waals surface area contributed by atoms with Gasteiger partial charge in [0.2, 0.25) is 0 Å². The van der Waals surface area contributed by atoms with E-state index in [0.29, 0.717) is 4.88 Å². The third-order valence-electron chi connectivity index (χ3n) is 2.34. The van der Waals surface area contributed by atoms with Crippen molar-refractivity contribution in [1.29, 1.82) is 0 Å². The summed E-state index contributed by atoms with van der Waals surface area (Å²) in [5, 5.41) is 8.72. The third kappa shape index (κ3) is 4.16. The lowest BCUT2D eigenvalue weighted by Crippen LogP contribution is -2.11. The number of benzene rings is 1. The molecule has 0 fully saturated rings. The summed E-state index contributed by atoms with van der Waals surface area (Å²) >= 11 is 6.49. The molecule has 0 aliphatic rings. The molecule has 0 saturated heterocycles. The van der Waals surface area contributed by atoms with E-state index >= 15 is 0 Å². The molecule has 112 valence electrons. The van der Waals surface area contributed by atoms with E-state index in [9.17, 15) is 17.6 Å². The molecule has 1 heterocycles. The molecule has 0 radical (unpaired) electrons. The molecule has 0 amide bonds.